The SMILES string of the molecule is CC(C)(C)c1ccc2nnc(C3CCN(CCn4ccncc4=O)CC3)n2n1. The summed E-state index contributed by atoms with van der Waals surface area (Å²) in [7, 11) is 0. The summed E-state index contributed by atoms with van der Waals surface area (Å²) in [5, 5.41) is 13.6. The Kier molecular flexibility index (Phi) is 4.97. The highest BCUT2D eigenvalue weighted by Crippen LogP contribution is 2.27. The normalized spacial score (nSPS) is 16.7. The highest BCUT2D eigenvalue weighted by Gasteiger charge is 2.26. The van der Waals surface area contributed by atoms with Crippen molar-refractivity contribution >= 4 is 5.65 Å². The predicted molar refractivity (Wildman–Crippen MR) is 106 cm³/mol. The zero-order chi connectivity index (χ0) is 19.7. The van der Waals surface area contributed by atoms with Crippen LogP contribution in [0.2, 0.25) is 0 Å². The van der Waals surface area contributed by atoms with Crippen LogP contribution < -0.4 is 5.56 Å². The number of likely N-dealkylation sites (tertiary alicyclic amines) is 1. The number of aromatic nitrogens is 6. The van der Waals surface area contributed by atoms with Gasteiger partial charge < -0.3 is 9.47 Å². The summed E-state index contributed by atoms with van der Waals surface area (Å²) in [5.41, 5.74) is 1.79. The Labute approximate surface area is 164 Å². The maximum absolute atomic E-state index is 11.8. The first-order chi connectivity index (χ1) is 13.4. The van der Waals surface area contributed by atoms with Gasteiger partial charge in [-0.2, -0.15) is 9.61 Å². The van der Waals surface area contributed by atoms with E-state index >= 15 is 0 Å². The van der Waals surface area contributed by atoms with Crippen LogP contribution in [0, 0.1) is 0 Å². The van der Waals surface area contributed by atoms with E-state index < -0.39 is 0 Å². The first kappa shape index (κ1) is 18.7. The van der Waals surface area contributed by atoms with Gasteiger partial charge in [-0.05, 0) is 38.1 Å². The third-order valence-electron chi connectivity index (χ3n) is 5.47. The minimum Gasteiger partial charge on any atom is -0.311 e. The van der Waals surface area contributed by atoms with E-state index in [1.807, 2.05) is 16.6 Å². The Morgan fingerprint density at radius 3 is 2.61 bits per heavy atom. The van der Waals surface area contributed by atoms with Crippen LogP contribution in [0.5, 0.6) is 0 Å². The summed E-state index contributed by atoms with van der Waals surface area (Å²) >= 11 is 0. The van der Waals surface area contributed by atoms with Crippen LogP contribution in [0.25, 0.3) is 5.65 Å². The second-order valence-electron chi connectivity index (χ2n) is 8.52. The second-order valence-corrected chi connectivity index (χ2v) is 8.52. The lowest BCUT2D eigenvalue weighted by Gasteiger charge is -2.31. The minimum absolute atomic E-state index is 0.00979. The van der Waals surface area contributed by atoms with Crippen LogP contribution in [-0.4, -0.2) is 53.9 Å². The first-order valence-electron chi connectivity index (χ1n) is 9.87. The van der Waals surface area contributed by atoms with E-state index in [0.29, 0.717) is 12.5 Å². The van der Waals surface area contributed by atoms with E-state index in [2.05, 4.69) is 40.9 Å². The number of fused-ring (bicyclic) bond motifs is 1. The molecule has 1 fully saturated rings. The Morgan fingerprint density at radius 2 is 1.89 bits per heavy atom. The molecule has 0 saturated carbocycles. The molecule has 4 heterocycles. The smallest absolute Gasteiger partial charge is 0.269 e. The van der Waals surface area contributed by atoms with E-state index in [4.69, 9.17) is 5.10 Å². The van der Waals surface area contributed by atoms with Crippen molar-refractivity contribution in [3.63, 3.8) is 0 Å². The number of rotatable bonds is 4. The average Bonchev–Trinajstić information content (AvgIpc) is 3.10. The van der Waals surface area contributed by atoms with Crippen LogP contribution in [0.15, 0.2) is 35.5 Å². The third-order valence-corrected chi connectivity index (χ3v) is 5.47. The van der Waals surface area contributed by atoms with E-state index in [9.17, 15) is 4.79 Å². The van der Waals surface area contributed by atoms with Crippen molar-refractivity contribution in [1.82, 2.24) is 34.3 Å². The molecule has 8 heteroatoms. The van der Waals surface area contributed by atoms with Crippen molar-refractivity contribution in [3.8, 4) is 0 Å². The van der Waals surface area contributed by atoms with Crippen molar-refractivity contribution in [2.45, 2.75) is 51.5 Å². The Morgan fingerprint density at radius 1 is 1.11 bits per heavy atom. The molecule has 0 atom stereocenters. The Bertz CT molecular complexity index is 1010. The molecule has 0 unspecified atom stereocenters. The lowest BCUT2D eigenvalue weighted by Crippen LogP contribution is -2.37. The van der Waals surface area contributed by atoms with Crippen LogP contribution in [0.3, 0.4) is 0 Å². The summed E-state index contributed by atoms with van der Waals surface area (Å²) in [5.74, 6) is 1.32. The minimum atomic E-state index is -0.0481. The molecule has 0 N–H and O–H groups in total. The highest BCUT2D eigenvalue weighted by molar-refractivity contribution is 5.37. The summed E-state index contributed by atoms with van der Waals surface area (Å²) in [4.78, 5) is 18.0. The summed E-state index contributed by atoms with van der Waals surface area (Å²) < 4.78 is 3.64. The lowest BCUT2D eigenvalue weighted by molar-refractivity contribution is 0.201. The zero-order valence-electron chi connectivity index (χ0n) is 16.7. The van der Waals surface area contributed by atoms with Gasteiger partial charge in [0.2, 0.25) is 0 Å². The third kappa shape index (κ3) is 3.82. The monoisotopic (exact) mass is 381 g/mol. The van der Waals surface area contributed by atoms with Gasteiger partial charge in [0.25, 0.3) is 5.56 Å². The number of piperidine rings is 1. The molecule has 0 bridgehead atoms. The Balaban J connectivity index is 1.42. The molecule has 1 aliphatic rings. The topological polar surface area (TPSA) is 81.2 Å². The van der Waals surface area contributed by atoms with Gasteiger partial charge in [-0.25, -0.2) is 0 Å². The van der Waals surface area contributed by atoms with E-state index in [0.717, 1.165) is 49.6 Å². The van der Waals surface area contributed by atoms with Gasteiger partial charge in [-0.1, -0.05) is 20.8 Å². The molecule has 0 aromatic carbocycles. The van der Waals surface area contributed by atoms with Crippen molar-refractivity contribution in [2.24, 2.45) is 0 Å². The Hall–Kier alpha value is -2.61. The van der Waals surface area contributed by atoms with E-state index in [1.165, 1.54) is 6.20 Å². The number of nitrogens with zero attached hydrogens (tertiary/aromatic N) is 7. The lowest BCUT2D eigenvalue weighted by atomic mass is 9.92. The van der Waals surface area contributed by atoms with Gasteiger partial charge in [-0.3, -0.25) is 9.78 Å². The molecule has 1 aliphatic heterocycles. The molecule has 0 radical (unpaired) electrons. The maximum Gasteiger partial charge on any atom is 0.269 e. The number of hydrogen-bond acceptors (Lipinski definition) is 6. The van der Waals surface area contributed by atoms with Crippen LogP contribution in [0.1, 0.15) is 51.0 Å². The molecular weight excluding hydrogens is 354 g/mol. The molecule has 3 aromatic rings. The van der Waals surface area contributed by atoms with Crippen LogP contribution in [0.4, 0.5) is 0 Å². The second kappa shape index (κ2) is 7.43. The maximum atomic E-state index is 11.8. The van der Waals surface area contributed by atoms with Crippen LogP contribution in [-0.2, 0) is 12.0 Å². The molecule has 0 amide bonds. The molecule has 3 aromatic heterocycles. The summed E-state index contributed by atoms with van der Waals surface area (Å²) in [6.45, 7) is 10.0. The molecule has 28 heavy (non-hydrogen) atoms. The highest BCUT2D eigenvalue weighted by atomic mass is 16.1. The molecule has 0 aliphatic carbocycles. The molecule has 1 saturated heterocycles. The van der Waals surface area contributed by atoms with Gasteiger partial charge in [0, 0.05) is 36.8 Å². The molecule has 0 spiro atoms. The van der Waals surface area contributed by atoms with Gasteiger partial charge >= 0.3 is 0 Å². The summed E-state index contributed by atoms with van der Waals surface area (Å²) in [6, 6.07) is 4.04. The fourth-order valence-electron chi connectivity index (χ4n) is 3.68. The molecule has 4 rings (SSSR count). The van der Waals surface area contributed by atoms with Gasteiger partial charge in [0.1, 0.15) is 0 Å². The van der Waals surface area contributed by atoms with Gasteiger partial charge in [0.15, 0.2) is 11.5 Å². The molecular formula is C20H27N7O. The number of hydrogen-bond donors (Lipinski definition) is 0. The average molecular weight is 381 g/mol. The summed E-state index contributed by atoms with van der Waals surface area (Å²) in [6.07, 6.45) is 6.81. The largest absolute Gasteiger partial charge is 0.311 e. The van der Waals surface area contributed by atoms with E-state index in [-0.39, 0.29) is 11.0 Å². The van der Waals surface area contributed by atoms with Crippen molar-refractivity contribution in [3.05, 3.63) is 52.6 Å². The van der Waals surface area contributed by atoms with Crippen molar-refractivity contribution in [1.29, 1.82) is 0 Å². The predicted octanol–water partition coefficient (Wildman–Crippen LogP) is 1.86. The van der Waals surface area contributed by atoms with Crippen molar-refractivity contribution in [2.75, 3.05) is 19.6 Å². The standard InChI is InChI=1S/C20H27N7O/c1-20(2,3)16-4-5-17-22-23-19(27(17)24-16)15-6-9-25(10-7-15)12-13-26-11-8-21-14-18(26)28/h4-5,8,11,14-15H,6-7,9-10,12-13H2,1-3H3. The zero-order valence-corrected chi connectivity index (χ0v) is 16.7. The quantitative estimate of drug-likeness (QED) is 0.686. The fraction of sp³-hybridized carbons (Fsp3) is 0.550. The van der Waals surface area contributed by atoms with Gasteiger partial charge in [0.05, 0.1) is 11.9 Å². The first-order valence-corrected chi connectivity index (χ1v) is 9.87. The van der Waals surface area contributed by atoms with E-state index in [1.54, 1.807) is 17.0 Å². The van der Waals surface area contributed by atoms with Gasteiger partial charge in [-0.15, -0.1) is 10.2 Å². The fourth-order valence-corrected chi connectivity index (χ4v) is 3.68. The van der Waals surface area contributed by atoms with Crippen LogP contribution >= 0.6 is 0 Å². The molecule has 148 valence electrons. The molecule has 8 nitrogen and oxygen atoms in total. The van der Waals surface area contributed by atoms with Crippen molar-refractivity contribution < 1.29 is 0 Å².